The van der Waals surface area contributed by atoms with Gasteiger partial charge in [-0.2, -0.15) is 0 Å². The molecule has 0 saturated heterocycles. The normalized spacial score (nSPS) is 17.6. The SMILES string of the molecule is CC(C)(C)c1nnc2n1COCCC2. The predicted octanol–water partition coefficient (Wildman–Crippen LogP) is 1.50. The fourth-order valence-electron chi connectivity index (χ4n) is 1.70. The zero-order valence-corrected chi connectivity index (χ0v) is 9.08. The molecule has 1 aromatic rings. The van der Waals surface area contributed by atoms with Gasteiger partial charge in [0, 0.05) is 18.4 Å². The molecule has 0 N–H and O–H groups in total. The smallest absolute Gasteiger partial charge is 0.140 e. The summed E-state index contributed by atoms with van der Waals surface area (Å²) in [4.78, 5) is 0. The fraction of sp³-hybridized carbons (Fsp3) is 0.800. The van der Waals surface area contributed by atoms with Gasteiger partial charge < -0.3 is 4.74 Å². The van der Waals surface area contributed by atoms with Crippen LogP contribution in [0.5, 0.6) is 0 Å². The van der Waals surface area contributed by atoms with Crippen LogP contribution in [0.4, 0.5) is 0 Å². The van der Waals surface area contributed by atoms with Crippen LogP contribution >= 0.6 is 0 Å². The third-order valence-corrected chi connectivity index (χ3v) is 2.41. The molecular formula is C10H17N3O. The molecule has 0 amide bonds. The van der Waals surface area contributed by atoms with E-state index >= 15 is 0 Å². The van der Waals surface area contributed by atoms with Gasteiger partial charge in [0.1, 0.15) is 18.4 Å². The van der Waals surface area contributed by atoms with Crippen LogP contribution in [-0.4, -0.2) is 21.4 Å². The first kappa shape index (κ1) is 9.65. The second kappa shape index (κ2) is 3.35. The Balaban J connectivity index is 2.39. The van der Waals surface area contributed by atoms with Gasteiger partial charge in [0.25, 0.3) is 0 Å². The van der Waals surface area contributed by atoms with E-state index in [0.717, 1.165) is 31.1 Å². The zero-order chi connectivity index (χ0) is 10.2. The van der Waals surface area contributed by atoms with Gasteiger partial charge in [-0.3, -0.25) is 4.57 Å². The molecule has 0 unspecified atom stereocenters. The number of hydrogen-bond acceptors (Lipinski definition) is 3. The highest BCUT2D eigenvalue weighted by molar-refractivity contribution is 5.06. The minimum atomic E-state index is 0.0406. The van der Waals surface area contributed by atoms with Crippen molar-refractivity contribution >= 4 is 0 Å². The molecule has 1 aliphatic rings. The molecule has 4 nitrogen and oxygen atoms in total. The molecule has 0 spiro atoms. The average molecular weight is 195 g/mol. The van der Waals surface area contributed by atoms with Crippen molar-refractivity contribution in [3.63, 3.8) is 0 Å². The van der Waals surface area contributed by atoms with Gasteiger partial charge in [-0.05, 0) is 6.42 Å². The summed E-state index contributed by atoms with van der Waals surface area (Å²) in [5.41, 5.74) is 0.0406. The molecule has 0 aromatic carbocycles. The van der Waals surface area contributed by atoms with Crippen molar-refractivity contribution in [3.8, 4) is 0 Å². The first-order valence-electron chi connectivity index (χ1n) is 5.09. The lowest BCUT2D eigenvalue weighted by molar-refractivity contribution is 0.0806. The third kappa shape index (κ3) is 1.66. The minimum Gasteiger partial charge on any atom is -0.361 e. The van der Waals surface area contributed by atoms with E-state index < -0.39 is 0 Å². The molecule has 0 aliphatic carbocycles. The molecule has 78 valence electrons. The maximum atomic E-state index is 5.50. The Labute approximate surface area is 84.3 Å². The summed E-state index contributed by atoms with van der Waals surface area (Å²) in [6.07, 6.45) is 2.02. The molecule has 1 aromatic heterocycles. The second-order valence-electron chi connectivity index (χ2n) is 4.76. The molecule has 0 radical (unpaired) electrons. The summed E-state index contributed by atoms with van der Waals surface area (Å²) in [5.74, 6) is 2.09. The van der Waals surface area contributed by atoms with Crippen LogP contribution in [0.3, 0.4) is 0 Å². The standard InChI is InChI=1S/C10H17N3O/c1-10(2,3)9-12-11-8-5-4-6-14-7-13(8)9/h4-7H2,1-3H3. The van der Waals surface area contributed by atoms with Gasteiger partial charge in [0.05, 0.1) is 0 Å². The molecule has 2 heterocycles. The highest BCUT2D eigenvalue weighted by Crippen LogP contribution is 2.22. The highest BCUT2D eigenvalue weighted by Gasteiger charge is 2.24. The Hall–Kier alpha value is -0.900. The van der Waals surface area contributed by atoms with Crippen LogP contribution in [0.2, 0.25) is 0 Å². The predicted molar refractivity (Wildman–Crippen MR) is 53.0 cm³/mol. The van der Waals surface area contributed by atoms with Gasteiger partial charge >= 0.3 is 0 Å². The minimum absolute atomic E-state index is 0.0406. The van der Waals surface area contributed by atoms with Crippen LogP contribution in [0.1, 0.15) is 38.8 Å². The maximum Gasteiger partial charge on any atom is 0.140 e. The molecule has 0 saturated carbocycles. The van der Waals surface area contributed by atoms with Crippen molar-refractivity contribution in [3.05, 3.63) is 11.6 Å². The molecule has 14 heavy (non-hydrogen) atoms. The van der Waals surface area contributed by atoms with Crippen molar-refractivity contribution in [2.24, 2.45) is 0 Å². The Morgan fingerprint density at radius 1 is 1.29 bits per heavy atom. The lowest BCUT2D eigenvalue weighted by atomic mass is 9.96. The van der Waals surface area contributed by atoms with Crippen LogP contribution in [0, 0.1) is 0 Å². The maximum absolute atomic E-state index is 5.50. The topological polar surface area (TPSA) is 39.9 Å². The van der Waals surface area contributed by atoms with Gasteiger partial charge in [-0.15, -0.1) is 10.2 Å². The van der Waals surface area contributed by atoms with Crippen molar-refractivity contribution < 1.29 is 4.74 Å². The lowest BCUT2D eigenvalue weighted by Crippen LogP contribution is -2.20. The molecule has 1 aliphatic heterocycles. The average Bonchev–Trinajstić information content (AvgIpc) is 2.36. The summed E-state index contributed by atoms with van der Waals surface area (Å²) in [6, 6.07) is 0. The molecular weight excluding hydrogens is 178 g/mol. The highest BCUT2D eigenvalue weighted by atomic mass is 16.5. The van der Waals surface area contributed by atoms with E-state index in [1.807, 2.05) is 0 Å². The number of aromatic nitrogens is 3. The summed E-state index contributed by atoms with van der Waals surface area (Å²) in [7, 11) is 0. The van der Waals surface area contributed by atoms with Gasteiger partial charge in [-0.25, -0.2) is 0 Å². The fourth-order valence-corrected chi connectivity index (χ4v) is 1.70. The molecule has 0 bridgehead atoms. The van der Waals surface area contributed by atoms with Gasteiger partial charge in [0.2, 0.25) is 0 Å². The lowest BCUT2D eigenvalue weighted by Gasteiger charge is -2.18. The molecule has 4 heteroatoms. The van der Waals surface area contributed by atoms with E-state index in [0.29, 0.717) is 6.73 Å². The van der Waals surface area contributed by atoms with Crippen molar-refractivity contribution in [2.45, 2.75) is 45.8 Å². The Bertz CT molecular complexity index is 325. The first-order valence-corrected chi connectivity index (χ1v) is 5.09. The summed E-state index contributed by atoms with van der Waals surface area (Å²) >= 11 is 0. The van der Waals surface area contributed by atoms with E-state index in [1.165, 1.54) is 0 Å². The number of hydrogen-bond donors (Lipinski definition) is 0. The number of aryl methyl sites for hydroxylation is 1. The Morgan fingerprint density at radius 3 is 2.79 bits per heavy atom. The molecule has 0 atom stereocenters. The molecule has 0 fully saturated rings. The van der Waals surface area contributed by atoms with Crippen molar-refractivity contribution in [2.75, 3.05) is 6.61 Å². The van der Waals surface area contributed by atoms with Crippen LogP contribution in [-0.2, 0) is 23.3 Å². The van der Waals surface area contributed by atoms with Crippen molar-refractivity contribution in [1.29, 1.82) is 0 Å². The van der Waals surface area contributed by atoms with Crippen LogP contribution < -0.4 is 0 Å². The van der Waals surface area contributed by atoms with E-state index in [-0.39, 0.29) is 5.41 Å². The van der Waals surface area contributed by atoms with E-state index in [4.69, 9.17) is 4.74 Å². The largest absolute Gasteiger partial charge is 0.361 e. The quantitative estimate of drug-likeness (QED) is 0.629. The van der Waals surface area contributed by atoms with E-state index in [1.54, 1.807) is 0 Å². The number of fused-ring (bicyclic) bond motifs is 1. The van der Waals surface area contributed by atoms with Crippen LogP contribution in [0.25, 0.3) is 0 Å². The third-order valence-electron chi connectivity index (χ3n) is 2.41. The monoisotopic (exact) mass is 195 g/mol. The zero-order valence-electron chi connectivity index (χ0n) is 9.08. The summed E-state index contributed by atoms with van der Waals surface area (Å²) in [5, 5.41) is 8.46. The number of rotatable bonds is 0. The Kier molecular flexibility index (Phi) is 2.31. The van der Waals surface area contributed by atoms with E-state index in [2.05, 4.69) is 35.5 Å². The van der Waals surface area contributed by atoms with Gasteiger partial charge in [-0.1, -0.05) is 20.8 Å². The Morgan fingerprint density at radius 2 is 2.07 bits per heavy atom. The van der Waals surface area contributed by atoms with Gasteiger partial charge in [0.15, 0.2) is 0 Å². The molecule has 2 rings (SSSR count). The number of ether oxygens (including phenoxy) is 1. The number of nitrogens with zero attached hydrogens (tertiary/aromatic N) is 3. The van der Waals surface area contributed by atoms with Crippen LogP contribution in [0.15, 0.2) is 0 Å². The second-order valence-corrected chi connectivity index (χ2v) is 4.76. The summed E-state index contributed by atoms with van der Waals surface area (Å²) < 4.78 is 7.60. The van der Waals surface area contributed by atoms with E-state index in [9.17, 15) is 0 Å². The summed E-state index contributed by atoms with van der Waals surface area (Å²) in [6.45, 7) is 7.88. The van der Waals surface area contributed by atoms with Crippen molar-refractivity contribution in [1.82, 2.24) is 14.8 Å². The first-order chi connectivity index (χ1) is 6.59.